The topological polar surface area (TPSA) is 33.6 Å². The molecule has 0 spiro atoms. The van der Waals surface area contributed by atoms with E-state index in [1.165, 1.54) is 6.07 Å². The van der Waals surface area contributed by atoms with Crippen LogP contribution in [-0.2, 0) is 6.18 Å². The summed E-state index contributed by atoms with van der Waals surface area (Å²) in [7, 11) is 0. The molecule has 3 nitrogen and oxygen atoms in total. The molecular formula is C40H26F3N3. The second-order valence-corrected chi connectivity index (χ2v) is 11.8. The smallest absolute Gasteiger partial charge is 0.309 e. The Labute approximate surface area is 263 Å². The number of nitrogens with zero attached hydrogens (tertiary/aromatic N) is 3. The molecule has 0 aliphatic carbocycles. The van der Waals surface area contributed by atoms with Crippen LogP contribution < -0.4 is 0 Å². The summed E-state index contributed by atoms with van der Waals surface area (Å²) in [5, 5.41) is 14.1. The standard InChI is InChI=1S/C40H26F3N3/c1-24-11-16-36-31(19-24)28-7-3-5-9-34(28)45(36)38-18-13-26(23-44)21-33(38)30-15-14-27(40(41,42)43)22-39(30)46-35-10-6-4-8-29(35)32-20-25(2)12-17-37(32)46/h3-22H,1-2H3. The number of halogens is 3. The molecule has 0 saturated heterocycles. The van der Waals surface area contributed by atoms with Gasteiger partial charge in [0.15, 0.2) is 0 Å². The van der Waals surface area contributed by atoms with Gasteiger partial charge >= 0.3 is 6.18 Å². The maximum absolute atomic E-state index is 14.4. The number of hydrogen-bond acceptors (Lipinski definition) is 1. The highest BCUT2D eigenvalue weighted by Crippen LogP contribution is 2.43. The van der Waals surface area contributed by atoms with Gasteiger partial charge < -0.3 is 9.13 Å². The van der Waals surface area contributed by atoms with Gasteiger partial charge in [0, 0.05) is 32.7 Å². The predicted molar refractivity (Wildman–Crippen MR) is 180 cm³/mol. The third kappa shape index (κ3) is 4.20. The van der Waals surface area contributed by atoms with E-state index in [0.717, 1.165) is 66.5 Å². The van der Waals surface area contributed by atoms with Crippen molar-refractivity contribution in [3.63, 3.8) is 0 Å². The van der Waals surface area contributed by atoms with Crippen LogP contribution in [0.3, 0.4) is 0 Å². The maximum atomic E-state index is 14.4. The molecule has 0 fully saturated rings. The van der Waals surface area contributed by atoms with Crippen molar-refractivity contribution in [3.05, 3.63) is 144 Å². The van der Waals surface area contributed by atoms with Crippen molar-refractivity contribution in [1.29, 1.82) is 5.26 Å². The summed E-state index contributed by atoms with van der Waals surface area (Å²) in [6, 6.07) is 39.8. The van der Waals surface area contributed by atoms with Crippen molar-refractivity contribution in [2.75, 3.05) is 0 Å². The first-order chi connectivity index (χ1) is 22.2. The average molecular weight is 606 g/mol. The van der Waals surface area contributed by atoms with Crippen molar-refractivity contribution < 1.29 is 13.2 Å². The predicted octanol–water partition coefficient (Wildman–Crippen LogP) is 11.1. The summed E-state index contributed by atoms with van der Waals surface area (Å²) in [5.74, 6) is 0. The molecule has 2 heterocycles. The zero-order chi connectivity index (χ0) is 31.7. The third-order valence-electron chi connectivity index (χ3n) is 8.88. The lowest BCUT2D eigenvalue weighted by atomic mass is 9.97. The fourth-order valence-electron chi connectivity index (χ4n) is 6.83. The van der Waals surface area contributed by atoms with Crippen LogP contribution in [0.15, 0.2) is 121 Å². The van der Waals surface area contributed by atoms with Crippen LogP contribution >= 0.6 is 0 Å². The van der Waals surface area contributed by atoms with Crippen molar-refractivity contribution in [3.8, 4) is 28.6 Å². The molecule has 6 heteroatoms. The van der Waals surface area contributed by atoms with Crippen molar-refractivity contribution >= 4 is 43.6 Å². The van der Waals surface area contributed by atoms with Gasteiger partial charge in [-0.3, -0.25) is 0 Å². The van der Waals surface area contributed by atoms with E-state index in [1.54, 1.807) is 18.2 Å². The van der Waals surface area contributed by atoms with Crippen molar-refractivity contribution in [2.24, 2.45) is 0 Å². The van der Waals surface area contributed by atoms with Crippen LogP contribution in [0.2, 0.25) is 0 Å². The van der Waals surface area contributed by atoms with E-state index < -0.39 is 11.7 Å². The highest BCUT2D eigenvalue weighted by molar-refractivity contribution is 6.11. The summed E-state index contributed by atoms with van der Waals surface area (Å²) in [6.45, 7) is 4.06. The van der Waals surface area contributed by atoms with Gasteiger partial charge in [0.25, 0.3) is 0 Å². The van der Waals surface area contributed by atoms with E-state index in [2.05, 4.69) is 54.0 Å². The molecule has 0 N–H and O–H groups in total. The van der Waals surface area contributed by atoms with Crippen LogP contribution in [-0.4, -0.2) is 9.13 Å². The first kappa shape index (κ1) is 27.7. The Morgan fingerprint density at radius 1 is 0.522 bits per heavy atom. The molecule has 0 bridgehead atoms. The van der Waals surface area contributed by atoms with E-state index in [-0.39, 0.29) is 0 Å². The number of benzene rings is 6. The molecule has 0 atom stereocenters. The normalized spacial score (nSPS) is 12.0. The molecule has 0 amide bonds. The molecule has 2 aromatic heterocycles. The Bertz CT molecular complexity index is 2560. The minimum Gasteiger partial charge on any atom is -0.309 e. The van der Waals surface area contributed by atoms with Gasteiger partial charge in [0.05, 0.1) is 50.6 Å². The van der Waals surface area contributed by atoms with Crippen LogP contribution in [0.5, 0.6) is 0 Å². The quantitative estimate of drug-likeness (QED) is 0.197. The lowest BCUT2D eigenvalue weighted by Crippen LogP contribution is -2.08. The summed E-state index contributed by atoms with van der Waals surface area (Å²) in [5.41, 5.74) is 7.80. The Kier molecular flexibility index (Phi) is 6.10. The van der Waals surface area contributed by atoms with E-state index in [9.17, 15) is 18.4 Å². The number of hydrogen-bond donors (Lipinski definition) is 0. The van der Waals surface area contributed by atoms with Gasteiger partial charge in [-0.15, -0.1) is 0 Å². The summed E-state index contributed by atoms with van der Waals surface area (Å²) < 4.78 is 47.2. The van der Waals surface area contributed by atoms with E-state index in [4.69, 9.17) is 0 Å². The van der Waals surface area contributed by atoms with E-state index >= 15 is 0 Å². The van der Waals surface area contributed by atoms with Gasteiger partial charge in [-0.05, 0) is 80.6 Å². The summed E-state index contributed by atoms with van der Waals surface area (Å²) >= 11 is 0. The number of nitriles is 1. The zero-order valence-electron chi connectivity index (χ0n) is 25.0. The number of alkyl halides is 3. The third-order valence-corrected chi connectivity index (χ3v) is 8.88. The number of aryl methyl sites for hydroxylation is 2. The molecule has 8 aromatic rings. The minimum absolute atomic E-state index is 0.387. The minimum atomic E-state index is -4.55. The second kappa shape index (κ2) is 10.1. The van der Waals surface area contributed by atoms with Crippen LogP contribution in [0.1, 0.15) is 22.3 Å². The largest absolute Gasteiger partial charge is 0.416 e. The number of rotatable bonds is 3. The van der Waals surface area contributed by atoms with Crippen LogP contribution in [0.4, 0.5) is 13.2 Å². The fourth-order valence-corrected chi connectivity index (χ4v) is 6.83. The molecule has 6 aromatic carbocycles. The summed E-state index contributed by atoms with van der Waals surface area (Å²) in [6.07, 6.45) is -4.55. The maximum Gasteiger partial charge on any atom is 0.416 e. The molecule has 0 unspecified atom stereocenters. The molecular weight excluding hydrogens is 579 g/mol. The van der Waals surface area contributed by atoms with Crippen molar-refractivity contribution in [2.45, 2.75) is 20.0 Å². The highest BCUT2D eigenvalue weighted by atomic mass is 19.4. The first-order valence-corrected chi connectivity index (χ1v) is 15.0. The van der Waals surface area contributed by atoms with Gasteiger partial charge in [-0.25, -0.2) is 0 Å². The van der Waals surface area contributed by atoms with Crippen molar-refractivity contribution in [1.82, 2.24) is 9.13 Å². The molecule has 0 saturated carbocycles. The number of para-hydroxylation sites is 2. The fraction of sp³-hybridized carbons (Fsp3) is 0.0750. The Morgan fingerprint density at radius 2 is 1.07 bits per heavy atom. The van der Waals surface area contributed by atoms with Gasteiger partial charge in [-0.2, -0.15) is 18.4 Å². The Balaban J connectivity index is 1.52. The van der Waals surface area contributed by atoms with Crippen LogP contribution in [0.25, 0.3) is 66.1 Å². The van der Waals surface area contributed by atoms with Gasteiger partial charge in [0.2, 0.25) is 0 Å². The Hall–Kier alpha value is -5.80. The van der Waals surface area contributed by atoms with Gasteiger partial charge in [-0.1, -0.05) is 65.7 Å². The Morgan fingerprint density at radius 3 is 1.63 bits per heavy atom. The molecule has 0 aliphatic rings. The number of fused-ring (bicyclic) bond motifs is 6. The molecule has 8 rings (SSSR count). The monoisotopic (exact) mass is 605 g/mol. The van der Waals surface area contributed by atoms with Crippen LogP contribution in [0, 0.1) is 25.2 Å². The lowest BCUT2D eigenvalue weighted by molar-refractivity contribution is -0.137. The highest BCUT2D eigenvalue weighted by Gasteiger charge is 2.32. The molecule has 46 heavy (non-hydrogen) atoms. The molecule has 0 radical (unpaired) electrons. The molecule has 222 valence electrons. The molecule has 0 aliphatic heterocycles. The first-order valence-electron chi connectivity index (χ1n) is 15.0. The lowest BCUT2D eigenvalue weighted by Gasteiger charge is -2.20. The SMILES string of the molecule is Cc1ccc2c(c1)c1ccccc1n2-c1ccc(C#N)cc1-c1ccc(C(F)(F)F)cc1-n1c2ccccc2c2cc(C)ccc21. The van der Waals surface area contributed by atoms with Gasteiger partial charge in [0.1, 0.15) is 0 Å². The van der Waals surface area contributed by atoms with E-state index in [1.807, 2.05) is 66.1 Å². The zero-order valence-corrected chi connectivity index (χ0v) is 25.0. The average Bonchev–Trinajstić information content (AvgIpc) is 3.56. The second-order valence-electron chi connectivity index (χ2n) is 11.8. The van der Waals surface area contributed by atoms with E-state index in [0.29, 0.717) is 22.4 Å². The number of aromatic nitrogens is 2. The summed E-state index contributed by atoms with van der Waals surface area (Å²) in [4.78, 5) is 0.